The molecular weight excluding hydrogens is 314 g/mol. The van der Waals surface area contributed by atoms with Gasteiger partial charge in [0.2, 0.25) is 5.91 Å². The van der Waals surface area contributed by atoms with Crippen LogP contribution in [0.1, 0.15) is 34.8 Å². The van der Waals surface area contributed by atoms with Crippen molar-refractivity contribution in [2.75, 3.05) is 6.61 Å². The molecule has 120 valence electrons. The molecule has 0 spiro atoms. The van der Waals surface area contributed by atoms with Gasteiger partial charge >= 0.3 is 0 Å². The number of aliphatic hydroxyl groups is 1. The lowest BCUT2D eigenvalue weighted by Crippen LogP contribution is -2.31. The Bertz CT molecular complexity index is 656. The van der Waals surface area contributed by atoms with Gasteiger partial charge in [-0.1, -0.05) is 54.1 Å². The zero-order valence-electron chi connectivity index (χ0n) is 12.5. The monoisotopic (exact) mass is 331 g/mol. The first-order chi connectivity index (χ1) is 11.1. The van der Waals surface area contributed by atoms with Crippen molar-refractivity contribution in [3.8, 4) is 0 Å². The average molecular weight is 332 g/mol. The van der Waals surface area contributed by atoms with Crippen molar-refractivity contribution < 1.29 is 14.7 Å². The fourth-order valence-electron chi connectivity index (χ4n) is 2.19. The summed E-state index contributed by atoms with van der Waals surface area (Å²) in [5.41, 5.74) is 1.36. The minimum atomic E-state index is -0.508. The summed E-state index contributed by atoms with van der Waals surface area (Å²) in [4.78, 5) is 24.0. The van der Waals surface area contributed by atoms with Crippen LogP contribution in [0.25, 0.3) is 0 Å². The van der Waals surface area contributed by atoms with Crippen LogP contribution in [0.4, 0.5) is 0 Å². The van der Waals surface area contributed by atoms with E-state index in [1.165, 1.54) is 0 Å². The van der Waals surface area contributed by atoms with E-state index in [4.69, 9.17) is 11.6 Å². The third-order valence-corrected chi connectivity index (χ3v) is 3.72. The number of Topliss-reactive ketones (excluding diaryl/α,β-unsaturated/α-hetero) is 1. The number of carbonyl (C=O) groups is 2. The van der Waals surface area contributed by atoms with E-state index < -0.39 is 6.04 Å². The number of benzene rings is 2. The normalized spacial score (nSPS) is 11.7. The molecule has 2 aromatic rings. The maximum absolute atomic E-state index is 12.0. The molecule has 4 nitrogen and oxygen atoms in total. The summed E-state index contributed by atoms with van der Waals surface area (Å²) in [6.07, 6.45) is 0.215. The molecule has 0 saturated carbocycles. The largest absolute Gasteiger partial charge is 0.394 e. The number of halogens is 1. The van der Waals surface area contributed by atoms with Gasteiger partial charge in [-0.2, -0.15) is 0 Å². The van der Waals surface area contributed by atoms with E-state index in [2.05, 4.69) is 5.32 Å². The van der Waals surface area contributed by atoms with Crippen LogP contribution in [-0.2, 0) is 4.79 Å². The Hall–Kier alpha value is -2.17. The van der Waals surface area contributed by atoms with E-state index in [9.17, 15) is 14.7 Å². The van der Waals surface area contributed by atoms with Crippen molar-refractivity contribution in [2.45, 2.75) is 18.9 Å². The SMILES string of the molecule is O=C(CCC(=O)c1ccccc1)NC(CO)c1ccc(Cl)cc1. The van der Waals surface area contributed by atoms with Gasteiger partial charge in [-0.3, -0.25) is 9.59 Å². The number of ketones is 1. The number of carbonyl (C=O) groups excluding carboxylic acids is 2. The Kier molecular flexibility index (Phi) is 6.32. The van der Waals surface area contributed by atoms with Crippen LogP contribution in [0.3, 0.4) is 0 Å². The Labute approximate surface area is 140 Å². The Morgan fingerprint density at radius 3 is 2.26 bits per heavy atom. The third-order valence-electron chi connectivity index (χ3n) is 3.47. The van der Waals surface area contributed by atoms with E-state index in [1.807, 2.05) is 6.07 Å². The van der Waals surface area contributed by atoms with Gasteiger partial charge in [0.15, 0.2) is 5.78 Å². The van der Waals surface area contributed by atoms with Crippen LogP contribution in [-0.4, -0.2) is 23.4 Å². The maximum Gasteiger partial charge on any atom is 0.221 e. The molecule has 23 heavy (non-hydrogen) atoms. The molecule has 2 aromatic carbocycles. The second-order valence-corrected chi connectivity index (χ2v) is 5.58. The standard InChI is InChI=1S/C18H18ClNO3/c19-15-8-6-13(7-9-15)16(12-21)20-18(23)11-10-17(22)14-4-2-1-3-5-14/h1-9,16,21H,10-12H2,(H,20,23). The topological polar surface area (TPSA) is 66.4 Å². The Balaban J connectivity index is 1.88. The molecule has 1 atom stereocenters. The molecule has 0 heterocycles. The number of hydrogen-bond donors (Lipinski definition) is 2. The molecule has 1 amide bonds. The average Bonchev–Trinajstić information content (AvgIpc) is 2.59. The van der Waals surface area contributed by atoms with Gasteiger partial charge in [0.1, 0.15) is 0 Å². The zero-order valence-corrected chi connectivity index (χ0v) is 13.3. The Morgan fingerprint density at radius 1 is 1.00 bits per heavy atom. The molecule has 0 fully saturated rings. The van der Waals surface area contributed by atoms with Crippen LogP contribution in [0.15, 0.2) is 54.6 Å². The fraction of sp³-hybridized carbons (Fsp3) is 0.222. The minimum absolute atomic E-state index is 0.0761. The van der Waals surface area contributed by atoms with Crippen LogP contribution in [0, 0.1) is 0 Å². The van der Waals surface area contributed by atoms with Crippen molar-refractivity contribution in [3.05, 3.63) is 70.7 Å². The summed E-state index contributed by atoms with van der Waals surface area (Å²) in [6.45, 7) is -0.222. The predicted octanol–water partition coefficient (Wildman–Crippen LogP) is 3.15. The summed E-state index contributed by atoms with van der Waals surface area (Å²) in [7, 11) is 0. The third kappa shape index (κ3) is 5.20. The maximum atomic E-state index is 12.0. The number of nitrogens with one attached hydrogen (secondary N) is 1. The molecule has 0 saturated heterocycles. The summed E-state index contributed by atoms with van der Waals surface area (Å²) < 4.78 is 0. The van der Waals surface area contributed by atoms with E-state index in [1.54, 1.807) is 48.5 Å². The highest BCUT2D eigenvalue weighted by atomic mass is 35.5. The highest BCUT2D eigenvalue weighted by molar-refractivity contribution is 6.30. The first-order valence-corrected chi connectivity index (χ1v) is 7.72. The van der Waals surface area contributed by atoms with Gasteiger partial charge in [0.25, 0.3) is 0 Å². The molecule has 1 unspecified atom stereocenters. The zero-order chi connectivity index (χ0) is 16.7. The summed E-state index contributed by atoms with van der Waals surface area (Å²) in [6, 6.07) is 15.3. The highest BCUT2D eigenvalue weighted by Gasteiger charge is 2.15. The molecule has 0 radical (unpaired) electrons. The van der Waals surface area contributed by atoms with Crippen molar-refractivity contribution >= 4 is 23.3 Å². The first kappa shape index (κ1) is 17.2. The number of aliphatic hydroxyl groups excluding tert-OH is 1. The smallest absolute Gasteiger partial charge is 0.221 e. The van der Waals surface area contributed by atoms with Gasteiger partial charge in [-0.25, -0.2) is 0 Å². The van der Waals surface area contributed by atoms with Gasteiger partial charge < -0.3 is 10.4 Å². The van der Waals surface area contributed by atoms with Crippen molar-refractivity contribution in [1.29, 1.82) is 0 Å². The van der Waals surface area contributed by atoms with Crippen LogP contribution in [0.2, 0.25) is 5.02 Å². The van der Waals surface area contributed by atoms with E-state index in [0.29, 0.717) is 10.6 Å². The molecule has 2 rings (SSSR count). The lowest BCUT2D eigenvalue weighted by Gasteiger charge is -2.16. The molecule has 0 aromatic heterocycles. The molecule has 5 heteroatoms. The van der Waals surface area contributed by atoms with Gasteiger partial charge in [-0.15, -0.1) is 0 Å². The number of hydrogen-bond acceptors (Lipinski definition) is 3. The summed E-state index contributed by atoms with van der Waals surface area (Å²) in [5.74, 6) is -0.351. The second-order valence-electron chi connectivity index (χ2n) is 5.14. The molecule has 0 aliphatic carbocycles. The predicted molar refractivity (Wildman–Crippen MR) is 89.4 cm³/mol. The lowest BCUT2D eigenvalue weighted by atomic mass is 10.1. The quantitative estimate of drug-likeness (QED) is 0.766. The number of amides is 1. The molecule has 0 bridgehead atoms. The van der Waals surface area contributed by atoms with E-state index in [-0.39, 0.29) is 31.1 Å². The van der Waals surface area contributed by atoms with E-state index in [0.717, 1.165) is 5.56 Å². The summed E-state index contributed by atoms with van der Waals surface area (Å²) >= 11 is 5.82. The highest BCUT2D eigenvalue weighted by Crippen LogP contribution is 2.16. The molecular formula is C18H18ClNO3. The first-order valence-electron chi connectivity index (χ1n) is 7.34. The fourth-order valence-corrected chi connectivity index (χ4v) is 2.32. The molecule has 2 N–H and O–H groups in total. The van der Waals surface area contributed by atoms with Crippen LogP contribution < -0.4 is 5.32 Å². The van der Waals surface area contributed by atoms with Gasteiger partial charge in [0.05, 0.1) is 12.6 Å². The molecule has 0 aliphatic rings. The Morgan fingerprint density at radius 2 is 1.65 bits per heavy atom. The number of rotatable bonds is 7. The van der Waals surface area contributed by atoms with Gasteiger partial charge in [0, 0.05) is 23.4 Å². The van der Waals surface area contributed by atoms with Crippen LogP contribution in [0.5, 0.6) is 0 Å². The lowest BCUT2D eigenvalue weighted by molar-refractivity contribution is -0.122. The van der Waals surface area contributed by atoms with Crippen molar-refractivity contribution in [3.63, 3.8) is 0 Å². The second kappa shape index (κ2) is 8.46. The van der Waals surface area contributed by atoms with Crippen LogP contribution >= 0.6 is 11.6 Å². The van der Waals surface area contributed by atoms with Crippen molar-refractivity contribution in [1.82, 2.24) is 5.32 Å². The molecule has 0 aliphatic heterocycles. The van der Waals surface area contributed by atoms with Crippen molar-refractivity contribution in [2.24, 2.45) is 0 Å². The van der Waals surface area contributed by atoms with Gasteiger partial charge in [-0.05, 0) is 17.7 Å². The minimum Gasteiger partial charge on any atom is -0.394 e. The van der Waals surface area contributed by atoms with E-state index >= 15 is 0 Å². The summed E-state index contributed by atoms with van der Waals surface area (Å²) in [5, 5.41) is 12.8.